The Morgan fingerprint density at radius 1 is 1.50 bits per heavy atom. The van der Waals surface area contributed by atoms with E-state index in [9.17, 15) is 0 Å². The van der Waals surface area contributed by atoms with Crippen LogP contribution < -0.4 is 4.90 Å². The molecule has 1 saturated heterocycles. The molecular formula is C12H20N4OS. The minimum absolute atomic E-state index is 0.350. The Morgan fingerprint density at radius 3 is 2.94 bits per heavy atom. The molecule has 1 aromatic rings. The van der Waals surface area contributed by atoms with Crippen molar-refractivity contribution >= 4 is 18.2 Å². The fourth-order valence-corrected chi connectivity index (χ4v) is 2.84. The summed E-state index contributed by atoms with van der Waals surface area (Å²) >= 11 is 5.33. The molecule has 6 heteroatoms. The maximum Gasteiger partial charge on any atom is 0.226 e. The lowest BCUT2D eigenvalue weighted by atomic mass is 10.2. The predicted molar refractivity (Wildman–Crippen MR) is 72.5 cm³/mol. The summed E-state index contributed by atoms with van der Waals surface area (Å²) in [7, 11) is 0. The molecule has 0 aromatic carbocycles. The Kier molecular flexibility index (Phi) is 3.39. The second-order valence-electron chi connectivity index (χ2n) is 5.10. The van der Waals surface area contributed by atoms with E-state index in [0.29, 0.717) is 12.1 Å². The first-order chi connectivity index (χ1) is 8.79. The lowest BCUT2D eigenvalue weighted by molar-refractivity contribution is 0.115. The van der Waals surface area contributed by atoms with Crippen molar-refractivity contribution in [2.75, 3.05) is 24.6 Å². The molecule has 1 aromatic heterocycles. The van der Waals surface area contributed by atoms with Crippen LogP contribution in [0.5, 0.6) is 0 Å². The number of nitrogens with zero attached hydrogens (tertiary/aromatic N) is 3. The first-order valence-electron chi connectivity index (χ1n) is 6.83. The molecule has 5 nitrogen and oxygen atoms in total. The smallest absolute Gasteiger partial charge is 0.226 e. The number of aromatic nitrogens is 3. The fourth-order valence-electron chi connectivity index (χ4n) is 2.57. The predicted octanol–water partition coefficient (Wildman–Crippen LogP) is 2.28. The Labute approximate surface area is 112 Å². The first kappa shape index (κ1) is 12.2. The van der Waals surface area contributed by atoms with Crippen LogP contribution in [0.2, 0.25) is 0 Å². The molecule has 3 rings (SSSR count). The summed E-state index contributed by atoms with van der Waals surface area (Å²) in [4.78, 5) is 2.28. The third kappa shape index (κ3) is 2.31. The molecule has 1 aliphatic carbocycles. The molecule has 100 valence electrons. The minimum Gasteiger partial charge on any atom is -0.376 e. The monoisotopic (exact) mass is 268 g/mol. The van der Waals surface area contributed by atoms with E-state index in [1.807, 2.05) is 0 Å². The Hall–Kier alpha value is -0.880. The number of aromatic amines is 1. The van der Waals surface area contributed by atoms with Crippen molar-refractivity contribution in [1.82, 2.24) is 14.8 Å². The average Bonchev–Trinajstić information content (AvgIpc) is 2.93. The highest BCUT2D eigenvalue weighted by atomic mass is 32.1. The van der Waals surface area contributed by atoms with Crippen molar-refractivity contribution in [3.8, 4) is 0 Å². The van der Waals surface area contributed by atoms with Crippen molar-refractivity contribution in [1.29, 1.82) is 0 Å². The van der Waals surface area contributed by atoms with E-state index in [-0.39, 0.29) is 0 Å². The number of ether oxygens (including phenoxy) is 1. The zero-order chi connectivity index (χ0) is 12.5. The van der Waals surface area contributed by atoms with Crippen molar-refractivity contribution in [3.05, 3.63) is 4.77 Å². The van der Waals surface area contributed by atoms with Crippen molar-refractivity contribution in [3.63, 3.8) is 0 Å². The average molecular weight is 268 g/mol. The molecule has 1 N–H and O–H groups in total. The van der Waals surface area contributed by atoms with E-state index in [0.717, 1.165) is 36.8 Å². The van der Waals surface area contributed by atoms with Gasteiger partial charge in [-0.15, -0.1) is 5.10 Å². The van der Waals surface area contributed by atoms with Gasteiger partial charge < -0.3 is 9.64 Å². The second-order valence-corrected chi connectivity index (χ2v) is 5.49. The molecular weight excluding hydrogens is 248 g/mol. The number of likely N-dealkylation sites (N-methyl/N-ethyl adjacent to an activating group) is 1. The summed E-state index contributed by atoms with van der Waals surface area (Å²) < 4.78 is 8.64. The van der Waals surface area contributed by atoms with Crippen LogP contribution in [0.3, 0.4) is 0 Å². The number of anilines is 1. The lowest BCUT2D eigenvalue weighted by Crippen LogP contribution is -2.34. The van der Waals surface area contributed by atoms with Crippen LogP contribution in [0.15, 0.2) is 0 Å². The first-order valence-corrected chi connectivity index (χ1v) is 7.24. The van der Waals surface area contributed by atoms with E-state index in [4.69, 9.17) is 17.0 Å². The largest absolute Gasteiger partial charge is 0.376 e. The van der Waals surface area contributed by atoms with E-state index in [1.54, 1.807) is 0 Å². The van der Waals surface area contributed by atoms with Gasteiger partial charge in [-0.3, -0.25) is 4.57 Å². The molecule has 1 unspecified atom stereocenters. The molecule has 0 radical (unpaired) electrons. The van der Waals surface area contributed by atoms with Crippen molar-refractivity contribution in [2.45, 2.75) is 44.8 Å². The number of H-pyrrole nitrogens is 1. The van der Waals surface area contributed by atoms with Gasteiger partial charge in [0.05, 0.1) is 6.10 Å². The van der Waals surface area contributed by atoms with Gasteiger partial charge in [-0.05, 0) is 44.8 Å². The van der Waals surface area contributed by atoms with E-state index < -0.39 is 0 Å². The van der Waals surface area contributed by atoms with Gasteiger partial charge in [-0.25, -0.2) is 5.10 Å². The van der Waals surface area contributed by atoms with Crippen molar-refractivity contribution in [2.24, 2.45) is 0 Å². The normalized spacial score (nSPS) is 23.5. The molecule has 2 aliphatic rings. The molecule has 0 spiro atoms. The quantitative estimate of drug-likeness (QED) is 0.832. The molecule has 0 amide bonds. The minimum atomic E-state index is 0.350. The Balaban J connectivity index is 1.79. The van der Waals surface area contributed by atoms with Crippen LogP contribution in [0.4, 0.5) is 5.95 Å². The van der Waals surface area contributed by atoms with E-state index in [1.165, 1.54) is 19.3 Å². The maximum atomic E-state index is 5.71. The molecule has 1 atom stereocenters. The number of rotatable bonds is 5. The van der Waals surface area contributed by atoms with E-state index in [2.05, 4.69) is 26.6 Å². The second kappa shape index (κ2) is 5.01. The molecule has 18 heavy (non-hydrogen) atoms. The van der Waals surface area contributed by atoms with Gasteiger partial charge in [0.15, 0.2) is 4.77 Å². The van der Waals surface area contributed by atoms with Gasteiger partial charge in [-0.1, -0.05) is 0 Å². The zero-order valence-corrected chi connectivity index (χ0v) is 11.6. The Morgan fingerprint density at radius 2 is 2.33 bits per heavy atom. The van der Waals surface area contributed by atoms with Crippen LogP contribution in [-0.4, -0.2) is 40.6 Å². The Bertz CT molecular complexity index is 459. The van der Waals surface area contributed by atoms with E-state index >= 15 is 0 Å². The summed E-state index contributed by atoms with van der Waals surface area (Å²) in [6, 6.07) is 0.560. The summed E-state index contributed by atoms with van der Waals surface area (Å²) in [5, 5.41) is 7.34. The maximum absolute atomic E-state index is 5.71. The lowest BCUT2D eigenvalue weighted by Gasteiger charge is -2.25. The molecule has 1 aliphatic heterocycles. The standard InChI is InChI=1S/C12H20N4OS/c1-2-15(8-10-4-3-7-17-10)11-13-14-12(18)16(11)9-5-6-9/h9-10H,2-8H2,1H3,(H,14,18). The fraction of sp³-hybridized carbons (Fsp3) is 0.833. The summed E-state index contributed by atoms with van der Waals surface area (Å²) in [6.07, 6.45) is 5.13. The highest BCUT2D eigenvalue weighted by Crippen LogP contribution is 2.37. The number of nitrogens with one attached hydrogen (secondary N) is 1. The SMILES string of the molecule is CCN(CC1CCCO1)c1n[nH]c(=S)n1C1CC1. The zero-order valence-electron chi connectivity index (χ0n) is 10.8. The highest BCUT2D eigenvalue weighted by Gasteiger charge is 2.30. The summed E-state index contributed by atoms with van der Waals surface area (Å²) in [5.74, 6) is 0.987. The van der Waals surface area contributed by atoms with Crippen molar-refractivity contribution < 1.29 is 4.74 Å². The van der Waals surface area contributed by atoms with Gasteiger partial charge in [0.1, 0.15) is 0 Å². The molecule has 0 bridgehead atoms. The van der Waals surface area contributed by atoms with Gasteiger partial charge in [0.2, 0.25) is 5.95 Å². The van der Waals surface area contributed by atoms with Crippen LogP contribution in [0.1, 0.15) is 38.6 Å². The molecule has 2 fully saturated rings. The summed E-state index contributed by atoms with van der Waals surface area (Å²) in [5.41, 5.74) is 0. The summed E-state index contributed by atoms with van der Waals surface area (Å²) in [6.45, 7) is 4.91. The van der Waals surface area contributed by atoms with Gasteiger partial charge >= 0.3 is 0 Å². The van der Waals surface area contributed by atoms with Crippen LogP contribution in [-0.2, 0) is 4.74 Å². The van der Waals surface area contributed by atoms with Gasteiger partial charge in [-0.2, -0.15) is 0 Å². The number of hydrogen-bond donors (Lipinski definition) is 1. The molecule has 2 heterocycles. The number of hydrogen-bond acceptors (Lipinski definition) is 4. The third-order valence-corrected chi connectivity index (χ3v) is 4.00. The highest BCUT2D eigenvalue weighted by molar-refractivity contribution is 7.71. The van der Waals surface area contributed by atoms with Gasteiger partial charge in [0, 0.05) is 25.7 Å². The third-order valence-electron chi connectivity index (χ3n) is 3.71. The van der Waals surface area contributed by atoms with Gasteiger partial charge in [0.25, 0.3) is 0 Å². The molecule has 1 saturated carbocycles. The van der Waals surface area contributed by atoms with Crippen LogP contribution >= 0.6 is 12.2 Å². The van der Waals surface area contributed by atoms with Crippen LogP contribution in [0.25, 0.3) is 0 Å². The van der Waals surface area contributed by atoms with Crippen LogP contribution in [0, 0.1) is 4.77 Å². The topological polar surface area (TPSA) is 46.1 Å².